The maximum Gasteiger partial charge on any atom is 0.193 e. The fourth-order valence-corrected chi connectivity index (χ4v) is 2.15. The predicted molar refractivity (Wildman–Crippen MR) is 100 cm³/mol. The Labute approximate surface area is 140 Å². The molecule has 0 aliphatic heterocycles. The number of guanidine groups is 1. The first kappa shape index (κ1) is 19.0. The van der Waals surface area contributed by atoms with Crippen molar-refractivity contribution >= 4 is 11.8 Å². The number of anilines is 1. The van der Waals surface area contributed by atoms with Gasteiger partial charge in [0.05, 0.1) is 0 Å². The Morgan fingerprint density at radius 1 is 1.35 bits per heavy atom. The molecular formula is C18H31N5. The summed E-state index contributed by atoms with van der Waals surface area (Å²) in [7, 11) is 2.09. The van der Waals surface area contributed by atoms with E-state index >= 15 is 0 Å². The van der Waals surface area contributed by atoms with Crippen LogP contribution in [0.3, 0.4) is 0 Å². The maximum absolute atomic E-state index is 4.70. The molecule has 1 rings (SSSR count). The molecule has 0 amide bonds. The summed E-state index contributed by atoms with van der Waals surface area (Å²) < 4.78 is 0. The summed E-state index contributed by atoms with van der Waals surface area (Å²) in [5.74, 6) is 1.93. The van der Waals surface area contributed by atoms with E-state index in [9.17, 15) is 0 Å². The van der Waals surface area contributed by atoms with Crippen molar-refractivity contribution in [3.05, 3.63) is 37.1 Å². The van der Waals surface area contributed by atoms with Crippen molar-refractivity contribution in [1.29, 1.82) is 0 Å². The van der Waals surface area contributed by atoms with Crippen LogP contribution in [0.4, 0.5) is 5.82 Å². The van der Waals surface area contributed by atoms with Gasteiger partial charge in [-0.15, -0.1) is 6.58 Å². The molecule has 5 nitrogen and oxygen atoms in total. The van der Waals surface area contributed by atoms with Gasteiger partial charge in [0.15, 0.2) is 5.96 Å². The van der Waals surface area contributed by atoms with Crippen molar-refractivity contribution in [2.24, 2.45) is 4.99 Å². The second-order valence-electron chi connectivity index (χ2n) is 5.44. The molecule has 23 heavy (non-hydrogen) atoms. The SMILES string of the molecule is C=CCCCN(C)C(=NCCCCNc1ccccn1)NCC. The van der Waals surface area contributed by atoms with Gasteiger partial charge in [0.2, 0.25) is 0 Å². The lowest BCUT2D eigenvalue weighted by molar-refractivity contribution is 0.469. The van der Waals surface area contributed by atoms with Gasteiger partial charge in [0, 0.05) is 39.4 Å². The zero-order valence-electron chi connectivity index (χ0n) is 14.6. The number of unbranched alkanes of at least 4 members (excludes halogenated alkanes) is 2. The topological polar surface area (TPSA) is 52.5 Å². The zero-order chi connectivity index (χ0) is 16.8. The third-order valence-electron chi connectivity index (χ3n) is 3.42. The fraction of sp³-hybridized carbons (Fsp3) is 0.556. The fourth-order valence-electron chi connectivity index (χ4n) is 2.15. The smallest absolute Gasteiger partial charge is 0.193 e. The summed E-state index contributed by atoms with van der Waals surface area (Å²) in [6, 6.07) is 5.90. The average molecular weight is 317 g/mol. The van der Waals surface area contributed by atoms with Crippen LogP contribution >= 0.6 is 0 Å². The van der Waals surface area contributed by atoms with Gasteiger partial charge < -0.3 is 15.5 Å². The molecule has 0 aromatic carbocycles. The van der Waals surface area contributed by atoms with Gasteiger partial charge in [0.1, 0.15) is 5.82 Å². The first-order valence-corrected chi connectivity index (χ1v) is 8.53. The Hall–Kier alpha value is -2.04. The zero-order valence-corrected chi connectivity index (χ0v) is 14.6. The largest absolute Gasteiger partial charge is 0.370 e. The van der Waals surface area contributed by atoms with Crippen molar-refractivity contribution < 1.29 is 0 Å². The highest BCUT2D eigenvalue weighted by molar-refractivity contribution is 5.79. The maximum atomic E-state index is 4.70. The third kappa shape index (κ3) is 8.86. The minimum Gasteiger partial charge on any atom is -0.370 e. The van der Waals surface area contributed by atoms with Gasteiger partial charge in [0.25, 0.3) is 0 Å². The molecule has 0 saturated heterocycles. The van der Waals surface area contributed by atoms with Crippen LogP contribution in [0.2, 0.25) is 0 Å². The Bertz CT molecular complexity index is 444. The minimum atomic E-state index is 0.845. The summed E-state index contributed by atoms with van der Waals surface area (Å²) in [6.07, 6.45) is 8.07. The van der Waals surface area contributed by atoms with E-state index < -0.39 is 0 Å². The molecule has 2 N–H and O–H groups in total. The number of pyridine rings is 1. The summed E-state index contributed by atoms with van der Waals surface area (Å²) >= 11 is 0. The molecule has 1 aromatic rings. The van der Waals surface area contributed by atoms with Crippen LogP contribution in [0.1, 0.15) is 32.6 Å². The number of nitrogens with zero attached hydrogens (tertiary/aromatic N) is 3. The summed E-state index contributed by atoms with van der Waals surface area (Å²) in [5, 5.41) is 6.67. The summed E-state index contributed by atoms with van der Waals surface area (Å²) in [6.45, 7) is 9.53. The molecule has 0 radical (unpaired) electrons. The van der Waals surface area contributed by atoms with E-state index in [1.807, 2.05) is 24.3 Å². The monoisotopic (exact) mass is 317 g/mol. The molecule has 0 saturated carbocycles. The summed E-state index contributed by atoms with van der Waals surface area (Å²) in [4.78, 5) is 11.1. The quantitative estimate of drug-likeness (QED) is 0.285. The number of allylic oxidation sites excluding steroid dienone is 1. The molecule has 128 valence electrons. The highest BCUT2D eigenvalue weighted by atomic mass is 15.3. The third-order valence-corrected chi connectivity index (χ3v) is 3.42. The normalized spacial score (nSPS) is 11.1. The lowest BCUT2D eigenvalue weighted by Gasteiger charge is -2.21. The Morgan fingerprint density at radius 3 is 2.91 bits per heavy atom. The molecular weight excluding hydrogens is 286 g/mol. The average Bonchev–Trinajstić information content (AvgIpc) is 2.58. The van der Waals surface area contributed by atoms with Gasteiger partial charge in [-0.05, 0) is 44.7 Å². The van der Waals surface area contributed by atoms with Gasteiger partial charge in [-0.2, -0.15) is 0 Å². The number of hydrogen-bond acceptors (Lipinski definition) is 3. The Morgan fingerprint density at radius 2 is 2.22 bits per heavy atom. The minimum absolute atomic E-state index is 0.845. The van der Waals surface area contributed by atoms with E-state index in [1.165, 1.54) is 0 Å². The molecule has 0 atom stereocenters. The number of aromatic nitrogens is 1. The van der Waals surface area contributed by atoms with E-state index in [2.05, 4.69) is 41.1 Å². The molecule has 0 aliphatic carbocycles. The first-order valence-electron chi connectivity index (χ1n) is 8.53. The molecule has 0 fully saturated rings. The van der Waals surface area contributed by atoms with Gasteiger partial charge in [-0.3, -0.25) is 4.99 Å². The molecule has 0 spiro atoms. The number of nitrogens with one attached hydrogen (secondary N) is 2. The highest BCUT2D eigenvalue weighted by Crippen LogP contribution is 2.01. The van der Waals surface area contributed by atoms with Crippen LogP contribution in [-0.4, -0.2) is 49.1 Å². The lowest BCUT2D eigenvalue weighted by Crippen LogP contribution is -2.39. The van der Waals surface area contributed by atoms with E-state index in [0.717, 1.165) is 63.6 Å². The van der Waals surface area contributed by atoms with Crippen LogP contribution in [0.5, 0.6) is 0 Å². The predicted octanol–water partition coefficient (Wildman–Crippen LogP) is 3.14. The summed E-state index contributed by atoms with van der Waals surface area (Å²) in [5.41, 5.74) is 0. The van der Waals surface area contributed by atoms with Crippen molar-refractivity contribution in [2.75, 3.05) is 38.5 Å². The van der Waals surface area contributed by atoms with Gasteiger partial charge in [-0.1, -0.05) is 12.1 Å². The molecule has 0 unspecified atom stereocenters. The van der Waals surface area contributed by atoms with E-state index in [0.29, 0.717) is 0 Å². The van der Waals surface area contributed by atoms with Crippen LogP contribution in [-0.2, 0) is 0 Å². The molecule has 0 bridgehead atoms. The molecule has 1 heterocycles. The van der Waals surface area contributed by atoms with Crippen LogP contribution in [0.15, 0.2) is 42.0 Å². The van der Waals surface area contributed by atoms with Gasteiger partial charge >= 0.3 is 0 Å². The number of hydrogen-bond donors (Lipinski definition) is 2. The lowest BCUT2D eigenvalue weighted by atomic mass is 10.3. The van der Waals surface area contributed by atoms with Crippen LogP contribution in [0, 0.1) is 0 Å². The van der Waals surface area contributed by atoms with Gasteiger partial charge in [-0.25, -0.2) is 4.98 Å². The second-order valence-corrected chi connectivity index (χ2v) is 5.44. The molecule has 1 aromatic heterocycles. The van der Waals surface area contributed by atoms with Crippen molar-refractivity contribution in [3.63, 3.8) is 0 Å². The molecule has 0 aliphatic rings. The highest BCUT2D eigenvalue weighted by Gasteiger charge is 2.04. The number of aliphatic imine (C=N–C) groups is 1. The van der Waals surface area contributed by atoms with Crippen LogP contribution in [0.25, 0.3) is 0 Å². The Balaban J connectivity index is 2.23. The second kappa shape index (κ2) is 12.5. The van der Waals surface area contributed by atoms with E-state index in [1.54, 1.807) is 6.20 Å². The van der Waals surface area contributed by atoms with Crippen molar-refractivity contribution in [2.45, 2.75) is 32.6 Å². The van der Waals surface area contributed by atoms with Crippen LogP contribution < -0.4 is 10.6 Å². The molecule has 5 heteroatoms. The number of rotatable bonds is 11. The van der Waals surface area contributed by atoms with E-state index in [-0.39, 0.29) is 0 Å². The first-order chi connectivity index (χ1) is 11.3. The van der Waals surface area contributed by atoms with Crippen molar-refractivity contribution in [3.8, 4) is 0 Å². The standard InChI is InChI=1S/C18H31N5/c1-4-6-11-16-23(3)18(19-5-2)22-15-10-9-14-21-17-12-7-8-13-20-17/h4,7-8,12-13H,1,5-6,9-11,14-16H2,2-3H3,(H,19,22)(H,20,21). The Kier molecular flexibility index (Phi) is 10.3. The van der Waals surface area contributed by atoms with Crippen molar-refractivity contribution in [1.82, 2.24) is 15.2 Å². The van der Waals surface area contributed by atoms with E-state index in [4.69, 9.17) is 4.99 Å².